The number of fused-ring (bicyclic) bond motifs is 1. The van der Waals surface area contributed by atoms with Crippen molar-refractivity contribution in [2.45, 2.75) is 26.3 Å². The molecule has 0 saturated heterocycles. The lowest BCUT2D eigenvalue weighted by atomic mass is 10.3. The zero-order valence-electron chi connectivity index (χ0n) is 8.24. The molecule has 1 aromatic carbocycles. The van der Waals surface area contributed by atoms with Crippen LogP contribution in [0.25, 0.3) is 10.2 Å². The maximum Gasteiger partial charge on any atom is 0.225 e. The molecule has 0 saturated carbocycles. The summed E-state index contributed by atoms with van der Waals surface area (Å²) in [6.45, 7) is 3.38. The fourth-order valence-electron chi connectivity index (χ4n) is 1.47. The van der Waals surface area contributed by atoms with Gasteiger partial charge in [0.1, 0.15) is 11.2 Å². The van der Waals surface area contributed by atoms with Gasteiger partial charge in [-0.15, -0.1) is 0 Å². The van der Waals surface area contributed by atoms with Gasteiger partial charge in [0.2, 0.25) is 11.0 Å². The van der Waals surface area contributed by atoms with Gasteiger partial charge in [-0.3, -0.25) is 0 Å². The minimum absolute atomic E-state index is 0. The Morgan fingerprint density at radius 2 is 2.07 bits per heavy atom. The number of halogens is 1. The number of rotatable bonds is 3. The van der Waals surface area contributed by atoms with Crippen LogP contribution in [-0.4, -0.2) is 0 Å². The number of hydrogen-bond donors (Lipinski definition) is 0. The summed E-state index contributed by atoms with van der Waals surface area (Å²) in [4.78, 5) is 0. The second-order valence-corrected chi connectivity index (χ2v) is 4.12. The van der Waals surface area contributed by atoms with Crippen molar-refractivity contribution in [2.75, 3.05) is 0 Å². The third kappa shape index (κ3) is 2.34. The number of nitrogens with zero attached hydrogens (tertiary/aromatic N) is 1. The van der Waals surface area contributed by atoms with E-state index in [0.717, 1.165) is 6.54 Å². The van der Waals surface area contributed by atoms with E-state index in [9.17, 15) is 0 Å². The normalized spacial score (nSPS) is 10.1. The number of para-hydroxylation sites is 1. The lowest BCUT2D eigenvalue weighted by molar-refractivity contribution is -0.667. The Kier molecular flexibility index (Phi) is 4.55. The number of aryl methyl sites for hydroxylation is 1. The molecule has 0 N–H and O–H groups in total. The van der Waals surface area contributed by atoms with Crippen molar-refractivity contribution >= 4 is 21.6 Å². The fourth-order valence-corrected chi connectivity index (χ4v) is 2.40. The predicted octanol–water partition coefficient (Wildman–Crippen LogP) is -0.00710. The Morgan fingerprint density at radius 1 is 1.29 bits per heavy atom. The number of hydrogen-bond acceptors (Lipinski definition) is 1. The molecule has 1 aromatic heterocycles. The van der Waals surface area contributed by atoms with E-state index in [1.54, 1.807) is 0 Å². The first-order valence-electron chi connectivity index (χ1n) is 4.77. The highest BCUT2D eigenvalue weighted by atomic mass is 79.9. The lowest BCUT2D eigenvalue weighted by Crippen LogP contribution is -3.00. The quantitative estimate of drug-likeness (QED) is 0.692. The van der Waals surface area contributed by atoms with Crippen molar-refractivity contribution < 1.29 is 21.5 Å². The van der Waals surface area contributed by atoms with Gasteiger partial charge in [-0.25, -0.2) is 0 Å². The molecule has 0 radical (unpaired) electrons. The SMILES string of the molecule is CCCC[n+]1csc2ccccc21.[Br-]. The third-order valence-electron chi connectivity index (χ3n) is 2.23. The first-order valence-corrected chi connectivity index (χ1v) is 5.65. The zero-order chi connectivity index (χ0) is 9.10. The van der Waals surface area contributed by atoms with Crippen molar-refractivity contribution in [1.82, 2.24) is 0 Å². The maximum absolute atomic E-state index is 2.35. The number of benzene rings is 1. The van der Waals surface area contributed by atoms with Crippen molar-refractivity contribution in [3.8, 4) is 0 Å². The Labute approximate surface area is 99.2 Å². The molecule has 0 aliphatic rings. The molecule has 0 aliphatic heterocycles. The van der Waals surface area contributed by atoms with E-state index in [4.69, 9.17) is 0 Å². The average Bonchev–Trinajstić information content (AvgIpc) is 2.58. The molecule has 0 aliphatic carbocycles. The molecule has 0 amide bonds. The first-order chi connectivity index (χ1) is 6.42. The van der Waals surface area contributed by atoms with Crippen molar-refractivity contribution in [3.63, 3.8) is 0 Å². The second kappa shape index (κ2) is 5.47. The van der Waals surface area contributed by atoms with Gasteiger partial charge in [0.15, 0.2) is 0 Å². The topological polar surface area (TPSA) is 3.88 Å². The summed E-state index contributed by atoms with van der Waals surface area (Å²) < 4.78 is 3.74. The largest absolute Gasteiger partial charge is 1.00 e. The van der Waals surface area contributed by atoms with E-state index in [2.05, 4.69) is 41.3 Å². The third-order valence-corrected chi connectivity index (χ3v) is 3.19. The number of aromatic nitrogens is 1. The summed E-state index contributed by atoms with van der Waals surface area (Å²) in [5.41, 5.74) is 3.60. The van der Waals surface area contributed by atoms with E-state index in [0.29, 0.717) is 0 Å². The molecule has 76 valence electrons. The molecule has 1 heterocycles. The van der Waals surface area contributed by atoms with Crippen LogP contribution < -0.4 is 21.5 Å². The molecule has 0 bridgehead atoms. The van der Waals surface area contributed by atoms with E-state index in [-0.39, 0.29) is 17.0 Å². The van der Waals surface area contributed by atoms with E-state index < -0.39 is 0 Å². The van der Waals surface area contributed by atoms with Crippen LogP contribution in [0.4, 0.5) is 0 Å². The number of thiazole rings is 1. The summed E-state index contributed by atoms with van der Waals surface area (Å²) in [6, 6.07) is 8.59. The lowest BCUT2D eigenvalue weighted by Gasteiger charge is -1.91. The number of unbranched alkanes of at least 4 members (excludes halogenated alkanes) is 1. The molecular weight excluding hydrogens is 258 g/mol. The summed E-state index contributed by atoms with van der Waals surface area (Å²) in [5, 5.41) is 0. The predicted molar refractivity (Wildman–Crippen MR) is 56.9 cm³/mol. The Morgan fingerprint density at radius 3 is 2.86 bits per heavy atom. The highest BCUT2D eigenvalue weighted by Gasteiger charge is 2.08. The standard InChI is InChI=1S/C11H14NS.BrH/c1-2-3-8-12-9-13-11-7-5-4-6-10(11)12;/h4-7,9H,2-3,8H2,1H3;1H/q+1;/p-1. The Bertz CT molecular complexity index is 397. The Hall–Kier alpha value is -0.410. The van der Waals surface area contributed by atoms with Gasteiger partial charge in [0.05, 0.1) is 0 Å². The first kappa shape index (κ1) is 11.7. The van der Waals surface area contributed by atoms with Gasteiger partial charge in [-0.1, -0.05) is 36.8 Å². The highest BCUT2D eigenvalue weighted by Crippen LogP contribution is 2.14. The van der Waals surface area contributed by atoms with Crippen LogP contribution >= 0.6 is 11.3 Å². The van der Waals surface area contributed by atoms with Crippen LogP contribution in [0, 0.1) is 0 Å². The smallest absolute Gasteiger partial charge is 0.225 e. The van der Waals surface area contributed by atoms with Gasteiger partial charge in [-0.2, -0.15) is 4.57 Å². The van der Waals surface area contributed by atoms with Crippen LogP contribution in [0.5, 0.6) is 0 Å². The van der Waals surface area contributed by atoms with E-state index >= 15 is 0 Å². The van der Waals surface area contributed by atoms with Crippen molar-refractivity contribution in [1.29, 1.82) is 0 Å². The summed E-state index contributed by atoms with van der Waals surface area (Å²) in [6.07, 6.45) is 2.53. The molecule has 14 heavy (non-hydrogen) atoms. The molecule has 0 unspecified atom stereocenters. The summed E-state index contributed by atoms with van der Waals surface area (Å²) >= 11 is 1.83. The maximum atomic E-state index is 2.35. The minimum atomic E-state index is 0. The van der Waals surface area contributed by atoms with Crippen LogP contribution in [0.1, 0.15) is 19.8 Å². The zero-order valence-corrected chi connectivity index (χ0v) is 10.6. The van der Waals surface area contributed by atoms with E-state index in [1.165, 1.54) is 23.1 Å². The molecule has 2 aromatic rings. The second-order valence-electron chi connectivity index (χ2n) is 3.24. The van der Waals surface area contributed by atoms with Gasteiger partial charge in [-0.05, 0) is 6.07 Å². The van der Waals surface area contributed by atoms with Gasteiger partial charge < -0.3 is 17.0 Å². The molecule has 1 nitrogen and oxygen atoms in total. The van der Waals surface area contributed by atoms with Crippen LogP contribution in [-0.2, 0) is 6.54 Å². The molecular formula is C11H14BrNS. The Balaban J connectivity index is 0.000000980. The van der Waals surface area contributed by atoms with Crippen LogP contribution in [0.2, 0.25) is 0 Å². The average molecular weight is 272 g/mol. The van der Waals surface area contributed by atoms with Crippen molar-refractivity contribution in [2.24, 2.45) is 0 Å². The summed E-state index contributed by atoms with van der Waals surface area (Å²) in [7, 11) is 0. The molecule has 0 atom stereocenters. The summed E-state index contributed by atoms with van der Waals surface area (Å²) in [5.74, 6) is 0. The van der Waals surface area contributed by atoms with Crippen molar-refractivity contribution in [3.05, 3.63) is 29.8 Å². The minimum Gasteiger partial charge on any atom is -1.00 e. The highest BCUT2D eigenvalue weighted by molar-refractivity contribution is 7.16. The van der Waals surface area contributed by atoms with Crippen LogP contribution in [0.15, 0.2) is 29.8 Å². The monoisotopic (exact) mass is 271 g/mol. The molecule has 3 heteroatoms. The fraction of sp³-hybridized carbons (Fsp3) is 0.364. The molecule has 0 spiro atoms. The van der Waals surface area contributed by atoms with Crippen LogP contribution in [0.3, 0.4) is 0 Å². The molecule has 2 rings (SSSR count). The van der Waals surface area contributed by atoms with Gasteiger partial charge >= 0.3 is 0 Å². The van der Waals surface area contributed by atoms with E-state index in [1.807, 2.05) is 11.3 Å². The van der Waals surface area contributed by atoms with Gasteiger partial charge in [0, 0.05) is 12.5 Å². The molecule has 0 fully saturated rings. The van der Waals surface area contributed by atoms with Gasteiger partial charge in [0.25, 0.3) is 0 Å².